The molecule has 0 saturated heterocycles. The molecule has 16 heavy (non-hydrogen) atoms. The maximum absolute atomic E-state index is 4.48. The minimum atomic E-state index is 0.924. The minimum Gasteiger partial charge on any atom is -0.296 e. The molecule has 3 rings (SSSR count). The molecule has 0 fully saturated rings. The van der Waals surface area contributed by atoms with E-state index in [-0.39, 0.29) is 0 Å². The number of aryl methyl sites for hydroxylation is 1. The normalized spacial score (nSPS) is 10.8. The SMILES string of the molecule is Cc1nc2cnccc2n1-c1cc[c]cc1. The first-order valence-electron chi connectivity index (χ1n) is 5.12. The summed E-state index contributed by atoms with van der Waals surface area (Å²) in [5, 5.41) is 0. The van der Waals surface area contributed by atoms with E-state index in [0.717, 1.165) is 22.5 Å². The van der Waals surface area contributed by atoms with Gasteiger partial charge in [0.2, 0.25) is 0 Å². The Morgan fingerprint density at radius 1 is 1.19 bits per heavy atom. The van der Waals surface area contributed by atoms with Crippen molar-refractivity contribution < 1.29 is 0 Å². The number of benzene rings is 1. The maximum Gasteiger partial charge on any atom is 0.111 e. The van der Waals surface area contributed by atoms with Gasteiger partial charge in [-0.25, -0.2) is 4.98 Å². The Hall–Kier alpha value is -2.16. The van der Waals surface area contributed by atoms with Gasteiger partial charge < -0.3 is 0 Å². The lowest BCUT2D eigenvalue weighted by Gasteiger charge is -2.05. The van der Waals surface area contributed by atoms with Gasteiger partial charge in [0.1, 0.15) is 11.3 Å². The number of hydrogen-bond acceptors (Lipinski definition) is 2. The molecule has 0 unspecified atom stereocenters. The van der Waals surface area contributed by atoms with Gasteiger partial charge in [-0.2, -0.15) is 0 Å². The third-order valence-corrected chi connectivity index (χ3v) is 2.58. The summed E-state index contributed by atoms with van der Waals surface area (Å²) in [6.07, 6.45) is 3.57. The molecule has 3 aromatic rings. The van der Waals surface area contributed by atoms with E-state index in [2.05, 4.69) is 20.6 Å². The van der Waals surface area contributed by atoms with Crippen LogP contribution >= 0.6 is 0 Å². The summed E-state index contributed by atoms with van der Waals surface area (Å²) in [7, 11) is 0. The van der Waals surface area contributed by atoms with Gasteiger partial charge in [-0.3, -0.25) is 9.55 Å². The number of nitrogens with zero attached hydrogens (tertiary/aromatic N) is 3. The summed E-state index contributed by atoms with van der Waals surface area (Å²) in [4.78, 5) is 8.56. The lowest BCUT2D eigenvalue weighted by atomic mass is 10.3. The zero-order chi connectivity index (χ0) is 11.0. The van der Waals surface area contributed by atoms with Gasteiger partial charge in [0.05, 0.1) is 11.7 Å². The fourth-order valence-electron chi connectivity index (χ4n) is 1.91. The quantitative estimate of drug-likeness (QED) is 0.615. The highest BCUT2D eigenvalue weighted by Crippen LogP contribution is 2.19. The molecular formula is C13H10N3. The average molecular weight is 208 g/mol. The van der Waals surface area contributed by atoms with E-state index in [1.165, 1.54) is 0 Å². The Labute approximate surface area is 93.4 Å². The fraction of sp³-hybridized carbons (Fsp3) is 0.0769. The zero-order valence-electron chi connectivity index (χ0n) is 8.88. The molecule has 2 heterocycles. The van der Waals surface area contributed by atoms with Crippen molar-refractivity contribution in [1.82, 2.24) is 14.5 Å². The molecule has 0 amide bonds. The fourth-order valence-corrected chi connectivity index (χ4v) is 1.91. The molecule has 1 radical (unpaired) electrons. The Balaban J connectivity index is 2.35. The predicted molar refractivity (Wildman–Crippen MR) is 62.4 cm³/mol. The van der Waals surface area contributed by atoms with Crippen LogP contribution in [0.1, 0.15) is 5.82 Å². The largest absolute Gasteiger partial charge is 0.296 e. The Kier molecular flexibility index (Phi) is 1.96. The number of pyridine rings is 1. The van der Waals surface area contributed by atoms with Crippen LogP contribution in [0.3, 0.4) is 0 Å². The summed E-state index contributed by atoms with van der Waals surface area (Å²) in [6.45, 7) is 2.00. The van der Waals surface area contributed by atoms with Crippen LogP contribution in [0.2, 0.25) is 0 Å². The molecule has 0 N–H and O–H groups in total. The third kappa shape index (κ3) is 1.29. The van der Waals surface area contributed by atoms with Crippen LogP contribution in [0.15, 0.2) is 42.7 Å². The number of hydrogen-bond donors (Lipinski definition) is 0. The highest BCUT2D eigenvalue weighted by atomic mass is 15.1. The Morgan fingerprint density at radius 2 is 2.00 bits per heavy atom. The molecule has 3 heteroatoms. The molecule has 1 aromatic carbocycles. The van der Waals surface area contributed by atoms with Gasteiger partial charge in [0, 0.05) is 11.9 Å². The summed E-state index contributed by atoms with van der Waals surface area (Å²) < 4.78 is 2.12. The van der Waals surface area contributed by atoms with Gasteiger partial charge in [0.25, 0.3) is 0 Å². The van der Waals surface area contributed by atoms with Crippen LogP contribution in [0, 0.1) is 13.0 Å². The molecule has 0 aliphatic rings. The molecular weight excluding hydrogens is 198 g/mol. The summed E-state index contributed by atoms with van der Waals surface area (Å²) in [6, 6.07) is 12.8. The first-order valence-corrected chi connectivity index (χ1v) is 5.12. The van der Waals surface area contributed by atoms with Gasteiger partial charge in [-0.1, -0.05) is 12.1 Å². The molecule has 2 aromatic heterocycles. The molecule has 0 spiro atoms. The van der Waals surface area contributed by atoms with Crippen LogP contribution < -0.4 is 0 Å². The second kappa shape index (κ2) is 3.45. The summed E-state index contributed by atoms with van der Waals surface area (Å²) in [5.74, 6) is 0.967. The van der Waals surface area contributed by atoms with Crippen molar-refractivity contribution in [3.63, 3.8) is 0 Å². The third-order valence-electron chi connectivity index (χ3n) is 2.58. The lowest BCUT2D eigenvalue weighted by Crippen LogP contribution is -1.95. The molecule has 0 aliphatic carbocycles. The molecule has 0 aliphatic heterocycles. The van der Waals surface area contributed by atoms with E-state index in [1.807, 2.05) is 37.3 Å². The van der Waals surface area contributed by atoms with E-state index >= 15 is 0 Å². The predicted octanol–water partition coefficient (Wildman–Crippen LogP) is 2.53. The first kappa shape index (κ1) is 9.09. The summed E-state index contributed by atoms with van der Waals surface area (Å²) in [5.41, 5.74) is 3.11. The zero-order valence-corrected chi connectivity index (χ0v) is 8.88. The van der Waals surface area contributed by atoms with Gasteiger partial charge >= 0.3 is 0 Å². The van der Waals surface area contributed by atoms with Gasteiger partial charge in [-0.05, 0) is 31.2 Å². The number of rotatable bonds is 1. The smallest absolute Gasteiger partial charge is 0.111 e. The molecule has 0 atom stereocenters. The summed E-state index contributed by atoms with van der Waals surface area (Å²) >= 11 is 0. The number of aromatic nitrogens is 3. The van der Waals surface area contributed by atoms with E-state index in [1.54, 1.807) is 12.4 Å². The second-order valence-corrected chi connectivity index (χ2v) is 3.62. The standard InChI is InChI=1S/C13H10N3/c1-10-15-12-9-14-8-7-13(12)16(10)11-5-3-2-4-6-11/h3-9H,1H3. The maximum atomic E-state index is 4.48. The van der Waals surface area contributed by atoms with Crippen molar-refractivity contribution in [2.75, 3.05) is 0 Å². The minimum absolute atomic E-state index is 0.924. The highest BCUT2D eigenvalue weighted by Gasteiger charge is 2.07. The lowest BCUT2D eigenvalue weighted by molar-refractivity contribution is 1.00. The number of fused-ring (bicyclic) bond motifs is 1. The average Bonchev–Trinajstić information content (AvgIpc) is 2.66. The molecule has 0 bridgehead atoms. The topological polar surface area (TPSA) is 30.7 Å². The molecule has 3 nitrogen and oxygen atoms in total. The number of imidazole rings is 1. The molecule has 0 saturated carbocycles. The van der Waals surface area contributed by atoms with Crippen LogP contribution in [0.4, 0.5) is 0 Å². The molecule has 77 valence electrons. The van der Waals surface area contributed by atoms with E-state index in [9.17, 15) is 0 Å². The van der Waals surface area contributed by atoms with E-state index < -0.39 is 0 Å². The van der Waals surface area contributed by atoms with Gasteiger partial charge in [-0.15, -0.1) is 0 Å². The monoisotopic (exact) mass is 208 g/mol. The first-order chi connectivity index (χ1) is 7.86. The van der Waals surface area contributed by atoms with Gasteiger partial charge in [0.15, 0.2) is 0 Å². The van der Waals surface area contributed by atoms with Crippen LogP contribution in [-0.4, -0.2) is 14.5 Å². The Morgan fingerprint density at radius 3 is 2.81 bits per heavy atom. The van der Waals surface area contributed by atoms with Crippen molar-refractivity contribution in [2.24, 2.45) is 0 Å². The van der Waals surface area contributed by atoms with Crippen molar-refractivity contribution in [3.05, 3.63) is 54.6 Å². The van der Waals surface area contributed by atoms with Crippen molar-refractivity contribution in [1.29, 1.82) is 0 Å². The Bertz CT molecular complexity index is 626. The van der Waals surface area contributed by atoms with E-state index in [4.69, 9.17) is 0 Å². The second-order valence-electron chi connectivity index (χ2n) is 3.62. The van der Waals surface area contributed by atoms with Crippen molar-refractivity contribution in [3.8, 4) is 5.69 Å². The van der Waals surface area contributed by atoms with Crippen molar-refractivity contribution in [2.45, 2.75) is 6.92 Å². The van der Waals surface area contributed by atoms with Crippen LogP contribution in [0.5, 0.6) is 0 Å². The van der Waals surface area contributed by atoms with Crippen LogP contribution in [0.25, 0.3) is 16.7 Å². The van der Waals surface area contributed by atoms with E-state index in [0.29, 0.717) is 0 Å². The van der Waals surface area contributed by atoms with Crippen molar-refractivity contribution >= 4 is 11.0 Å². The highest BCUT2D eigenvalue weighted by molar-refractivity contribution is 5.77. The van der Waals surface area contributed by atoms with Crippen LogP contribution in [-0.2, 0) is 0 Å².